The van der Waals surface area contributed by atoms with E-state index in [-0.39, 0.29) is 10.8 Å². The first-order chi connectivity index (χ1) is 8.64. The van der Waals surface area contributed by atoms with Gasteiger partial charge in [-0.05, 0) is 37.4 Å². The van der Waals surface area contributed by atoms with E-state index in [4.69, 9.17) is 5.26 Å². The lowest BCUT2D eigenvalue weighted by Gasteiger charge is -2.25. The lowest BCUT2D eigenvalue weighted by Crippen LogP contribution is -2.29. The first-order valence-corrected chi connectivity index (χ1v) is 6.83. The Labute approximate surface area is 118 Å². The van der Waals surface area contributed by atoms with E-state index < -0.39 is 0 Å². The molecule has 104 valence electrons. The molecule has 0 bridgehead atoms. The van der Waals surface area contributed by atoms with Gasteiger partial charge < -0.3 is 4.90 Å². The third-order valence-corrected chi connectivity index (χ3v) is 3.24. The van der Waals surface area contributed by atoms with Crippen molar-refractivity contribution in [1.29, 1.82) is 5.26 Å². The van der Waals surface area contributed by atoms with Crippen molar-refractivity contribution in [2.75, 3.05) is 13.6 Å². The van der Waals surface area contributed by atoms with E-state index in [1.54, 1.807) is 0 Å². The minimum Gasteiger partial charge on any atom is -0.301 e. The van der Waals surface area contributed by atoms with Crippen molar-refractivity contribution < 1.29 is 0 Å². The lowest BCUT2D eigenvalue weighted by atomic mass is 9.86. The molecular weight excluding hydrogens is 232 g/mol. The van der Waals surface area contributed by atoms with Crippen LogP contribution in [-0.2, 0) is 12.0 Å². The van der Waals surface area contributed by atoms with Crippen molar-refractivity contribution in [3.05, 3.63) is 35.4 Å². The Bertz CT molecular complexity index is 444. The summed E-state index contributed by atoms with van der Waals surface area (Å²) in [5.74, 6) is 0. The molecule has 1 rings (SSSR count). The molecule has 0 aliphatic heterocycles. The molecule has 0 N–H and O–H groups in total. The first-order valence-electron chi connectivity index (χ1n) is 6.83. The van der Waals surface area contributed by atoms with Gasteiger partial charge in [0.15, 0.2) is 0 Å². The molecular formula is C17H26N2. The van der Waals surface area contributed by atoms with Crippen LogP contribution >= 0.6 is 0 Å². The van der Waals surface area contributed by atoms with Crippen LogP contribution in [0.1, 0.15) is 45.7 Å². The summed E-state index contributed by atoms with van der Waals surface area (Å²) in [6.45, 7) is 12.3. The molecule has 2 nitrogen and oxygen atoms in total. The van der Waals surface area contributed by atoms with Gasteiger partial charge in [0.1, 0.15) is 0 Å². The fraction of sp³-hybridized carbons (Fsp3) is 0.588. The van der Waals surface area contributed by atoms with Gasteiger partial charge in [0, 0.05) is 13.1 Å². The third-order valence-electron chi connectivity index (χ3n) is 3.24. The SMILES string of the molecule is CN(Cc1ccc(C(C)(C)C)cc1)CC(C)(C)C#N. The molecule has 0 atom stereocenters. The first kappa shape index (κ1) is 15.7. The predicted molar refractivity (Wildman–Crippen MR) is 80.9 cm³/mol. The van der Waals surface area contributed by atoms with Crippen LogP contribution in [0.4, 0.5) is 0 Å². The number of hydrogen-bond donors (Lipinski definition) is 0. The molecule has 1 aromatic carbocycles. The second-order valence-corrected chi connectivity index (χ2v) is 7.11. The Morgan fingerprint density at radius 2 is 1.58 bits per heavy atom. The minimum absolute atomic E-state index is 0.202. The molecule has 19 heavy (non-hydrogen) atoms. The van der Waals surface area contributed by atoms with Crippen LogP contribution in [0.25, 0.3) is 0 Å². The number of nitrogens with zero attached hydrogens (tertiary/aromatic N) is 2. The zero-order valence-electron chi connectivity index (χ0n) is 13.1. The maximum atomic E-state index is 9.06. The van der Waals surface area contributed by atoms with Gasteiger partial charge in [0.05, 0.1) is 11.5 Å². The van der Waals surface area contributed by atoms with Gasteiger partial charge in [-0.1, -0.05) is 45.0 Å². The van der Waals surface area contributed by atoms with E-state index in [9.17, 15) is 0 Å². The molecule has 0 aliphatic carbocycles. The van der Waals surface area contributed by atoms with Crippen molar-refractivity contribution in [3.63, 3.8) is 0 Å². The fourth-order valence-electron chi connectivity index (χ4n) is 2.19. The van der Waals surface area contributed by atoms with Gasteiger partial charge in [-0.15, -0.1) is 0 Å². The molecule has 0 aromatic heterocycles. The van der Waals surface area contributed by atoms with Crippen molar-refractivity contribution in [2.45, 2.75) is 46.6 Å². The van der Waals surface area contributed by atoms with Crippen molar-refractivity contribution in [3.8, 4) is 6.07 Å². The summed E-state index contributed by atoms with van der Waals surface area (Å²) >= 11 is 0. The third kappa shape index (κ3) is 5.04. The quantitative estimate of drug-likeness (QED) is 0.817. The van der Waals surface area contributed by atoms with Gasteiger partial charge >= 0.3 is 0 Å². The van der Waals surface area contributed by atoms with Crippen LogP contribution in [-0.4, -0.2) is 18.5 Å². The Balaban J connectivity index is 2.67. The molecule has 0 spiro atoms. The Hall–Kier alpha value is -1.33. The zero-order chi connectivity index (χ0) is 14.7. The molecule has 0 saturated carbocycles. The summed E-state index contributed by atoms with van der Waals surface area (Å²) in [4.78, 5) is 2.20. The highest BCUT2D eigenvalue weighted by Crippen LogP contribution is 2.23. The molecule has 0 heterocycles. The smallest absolute Gasteiger partial charge is 0.0697 e. The predicted octanol–water partition coefficient (Wildman–Crippen LogP) is 3.97. The minimum atomic E-state index is -0.292. The summed E-state index contributed by atoms with van der Waals surface area (Å²) in [7, 11) is 2.07. The largest absolute Gasteiger partial charge is 0.301 e. The second-order valence-electron chi connectivity index (χ2n) is 7.11. The average molecular weight is 258 g/mol. The maximum absolute atomic E-state index is 9.06. The van der Waals surface area contributed by atoms with Crippen molar-refractivity contribution in [1.82, 2.24) is 4.90 Å². The zero-order valence-corrected chi connectivity index (χ0v) is 13.1. The summed E-state index contributed by atoms with van der Waals surface area (Å²) in [5, 5.41) is 9.06. The average Bonchev–Trinajstić information content (AvgIpc) is 2.27. The molecule has 2 heteroatoms. The van der Waals surface area contributed by atoms with Gasteiger partial charge in [0.25, 0.3) is 0 Å². The highest BCUT2D eigenvalue weighted by atomic mass is 15.1. The summed E-state index contributed by atoms with van der Waals surface area (Å²) in [5.41, 5.74) is 2.56. The topological polar surface area (TPSA) is 27.0 Å². The van der Waals surface area contributed by atoms with E-state index in [0.717, 1.165) is 13.1 Å². The molecule has 0 fully saturated rings. The van der Waals surface area contributed by atoms with E-state index in [1.807, 2.05) is 13.8 Å². The highest BCUT2D eigenvalue weighted by molar-refractivity contribution is 5.27. The Kier molecular flexibility index (Phi) is 4.76. The van der Waals surface area contributed by atoms with Crippen molar-refractivity contribution in [2.24, 2.45) is 5.41 Å². The molecule has 0 saturated heterocycles. The van der Waals surface area contributed by atoms with E-state index in [2.05, 4.69) is 63.1 Å². The number of benzene rings is 1. The molecule has 1 aromatic rings. The van der Waals surface area contributed by atoms with Crippen LogP contribution in [0.15, 0.2) is 24.3 Å². The van der Waals surface area contributed by atoms with Gasteiger partial charge in [-0.25, -0.2) is 0 Å². The van der Waals surface area contributed by atoms with E-state index in [0.29, 0.717) is 0 Å². The normalized spacial score (nSPS) is 12.5. The van der Waals surface area contributed by atoms with Gasteiger partial charge in [0.2, 0.25) is 0 Å². The molecule has 0 amide bonds. The van der Waals surface area contributed by atoms with Gasteiger partial charge in [-0.3, -0.25) is 0 Å². The summed E-state index contributed by atoms with van der Waals surface area (Å²) in [6.07, 6.45) is 0. The fourth-order valence-corrected chi connectivity index (χ4v) is 2.19. The lowest BCUT2D eigenvalue weighted by molar-refractivity contribution is 0.248. The van der Waals surface area contributed by atoms with Crippen molar-refractivity contribution >= 4 is 0 Å². The van der Waals surface area contributed by atoms with Crippen LogP contribution in [0.3, 0.4) is 0 Å². The summed E-state index contributed by atoms with van der Waals surface area (Å²) < 4.78 is 0. The number of hydrogen-bond acceptors (Lipinski definition) is 2. The monoisotopic (exact) mass is 258 g/mol. The van der Waals surface area contributed by atoms with Crippen LogP contribution in [0.2, 0.25) is 0 Å². The Morgan fingerprint density at radius 1 is 1.05 bits per heavy atom. The maximum Gasteiger partial charge on any atom is 0.0697 e. The molecule has 0 radical (unpaired) electrons. The van der Waals surface area contributed by atoms with Crippen LogP contribution in [0.5, 0.6) is 0 Å². The molecule has 0 unspecified atom stereocenters. The summed E-state index contributed by atoms with van der Waals surface area (Å²) in [6, 6.07) is 11.1. The number of nitriles is 1. The Morgan fingerprint density at radius 3 is 2.00 bits per heavy atom. The van der Waals surface area contributed by atoms with E-state index in [1.165, 1.54) is 11.1 Å². The number of rotatable bonds is 4. The van der Waals surface area contributed by atoms with E-state index >= 15 is 0 Å². The standard InChI is InChI=1S/C17H26N2/c1-16(2,3)15-9-7-14(8-10-15)11-19(6)13-17(4,5)12-18/h7-10H,11,13H2,1-6H3. The van der Waals surface area contributed by atoms with Gasteiger partial charge in [-0.2, -0.15) is 5.26 Å². The van der Waals surface area contributed by atoms with Crippen LogP contribution < -0.4 is 0 Å². The van der Waals surface area contributed by atoms with Crippen LogP contribution in [0, 0.1) is 16.7 Å². The molecule has 0 aliphatic rings. The highest BCUT2D eigenvalue weighted by Gasteiger charge is 2.19. The second kappa shape index (κ2) is 5.75.